The highest BCUT2D eigenvalue weighted by atomic mass is 16.5. The maximum atomic E-state index is 12.3. The van der Waals surface area contributed by atoms with Gasteiger partial charge in [-0.2, -0.15) is 0 Å². The van der Waals surface area contributed by atoms with Gasteiger partial charge in [0, 0.05) is 25.0 Å². The molecular weight excluding hydrogens is 268 g/mol. The van der Waals surface area contributed by atoms with Crippen molar-refractivity contribution in [2.45, 2.75) is 50.7 Å². The third-order valence-corrected chi connectivity index (χ3v) is 4.59. The number of aliphatic hydroxyl groups is 1. The molecule has 3 atom stereocenters. The van der Waals surface area contributed by atoms with E-state index in [0.29, 0.717) is 19.8 Å². The number of hydrogen-bond acceptors (Lipinski definition) is 3. The Morgan fingerprint density at radius 1 is 1.33 bits per heavy atom. The van der Waals surface area contributed by atoms with Crippen molar-refractivity contribution in [3.05, 3.63) is 12.7 Å². The molecule has 0 spiro atoms. The summed E-state index contributed by atoms with van der Waals surface area (Å²) in [4.78, 5) is 14.2. The van der Waals surface area contributed by atoms with Gasteiger partial charge in [0.1, 0.15) is 0 Å². The molecule has 1 saturated carbocycles. The lowest BCUT2D eigenvalue weighted by Gasteiger charge is -2.37. The summed E-state index contributed by atoms with van der Waals surface area (Å²) in [7, 11) is 0. The number of likely N-dealkylation sites (tertiary alicyclic amines) is 1. The van der Waals surface area contributed by atoms with Crippen molar-refractivity contribution in [3.8, 4) is 0 Å². The number of carbonyl (C=O) groups is 1. The van der Waals surface area contributed by atoms with Crippen LogP contribution in [0.5, 0.6) is 0 Å². The molecule has 1 saturated heterocycles. The van der Waals surface area contributed by atoms with Gasteiger partial charge in [0.25, 0.3) is 0 Å². The molecular formula is C16H28N2O3. The van der Waals surface area contributed by atoms with Gasteiger partial charge in [0.05, 0.1) is 19.3 Å². The fraction of sp³-hybridized carbons (Fsp3) is 0.812. The number of nitrogens with zero attached hydrogens (tertiary/aromatic N) is 1. The minimum atomic E-state index is -0.243. The van der Waals surface area contributed by atoms with Gasteiger partial charge in [0.15, 0.2) is 0 Å². The van der Waals surface area contributed by atoms with E-state index in [1.165, 1.54) is 6.42 Å². The number of carbonyl (C=O) groups excluding carboxylic acids is 1. The first-order chi connectivity index (χ1) is 10.2. The van der Waals surface area contributed by atoms with Gasteiger partial charge in [0.2, 0.25) is 0 Å². The van der Waals surface area contributed by atoms with Gasteiger partial charge in [-0.3, -0.25) is 0 Å². The third kappa shape index (κ3) is 4.45. The highest BCUT2D eigenvalue weighted by Gasteiger charge is 2.38. The van der Waals surface area contributed by atoms with Crippen molar-refractivity contribution in [3.63, 3.8) is 0 Å². The van der Waals surface area contributed by atoms with E-state index in [1.54, 1.807) is 6.08 Å². The quantitative estimate of drug-likeness (QED) is 0.581. The Labute approximate surface area is 127 Å². The van der Waals surface area contributed by atoms with Crippen LogP contribution in [0.2, 0.25) is 0 Å². The van der Waals surface area contributed by atoms with Crippen molar-refractivity contribution < 1.29 is 14.6 Å². The number of hydrogen-bond donors (Lipinski definition) is 2. The summed E-state index contributed by atoms with van der Waals surface area (Å²) >= 11 is 0. The summed E-state index contributed by atoms with van der Waals surface area (Å²) < 4.78 is 5.26. The predicted octanol–water partition coefficient (Wildman–Crippen LogP) is 1.91. The van der Waals surface area contributed by atoms with E-state index >= 15 is 0 Å². The maximum Gasteiger partial charge on any atom is 0.317 e. The zero-order valence-corrected chi connectivity index (χ0v) is 12.8. The Morgan fingerprint density at radius 2 is 2.14 bits per heavy atom. The number of urea groups is 1. The molecule has 120 valence electrons. The smallest absolute Gasteiger partial charge is 0.317 e. The lowest BCUT2D eigenvalue weighted by molar-refractivity contribution is 0.0305. The predicted molar refractivity (Wildman–Crippen MR) is 82.1 cm³/mol. The molecule has 0 bridgehead atoms. The van der Waals surface area contributed by atoms with E-state index < -0.39 is 0 Å². The first kappa shape index (κ1) is 16.3. The van der Waals surface area contributed by atoms with E-state index in [-0.39, 0.29) is 24.1 Å². The molecule has 0 aromatic heterocycles. The van der Waals surface area contributed by atoms with Crippen LogP contribution in [-0.2, 0) is 4.74 Å². The highest BCUT2D eigenvalue weighted by molar-refractivity contribution is 5.74. The molecule has 1 heterocycles. The lowest BCUT2D eigenvalue weighted by atomic mass is 9.80. The Morgan fingerprint density at radius 3 is 2.90 bits per heavy atom. The average molecular weight is 296 g/mol. The Hall–Kier alpha value is -1.07. The van der Waals surface area contributed by atoms with Crippen LogP contribution in [0.25, 0.3) is 0 Å². The van der Waals surface area contributed by atoms with Crippen LogP contribution < -0.4 is 5.32 Å². The average Bonchev–Trinajstić information content (AvgIpc) is 2.96. The molecule has 3 unspecified atom stereocenters. The molecule has 1 aliphatic heterocycles. The van der Waals surface area contributed by atoms with Gasteiger partial charge in [-0.1, -0.05) is 18.9 Å². The van der Waals surface area contributed by atoms with Crippen molar-refractivity contribution in [1.82, 2.24) is 10.2 Å². The molecule has 2 N–H and O–H groups in total. The minimum Gasteiger partial charge on any atom is -0.393 e. The number of rotatable bonds is 6. The molecule has 2 amide bonds. The Kier molecular flexibility index (Phi) is 6.51. The molecule has 2 aliphatic rings. The van der Waals surface area contributed by atoms with E-state index in [2.05, 4.69) is 11.9 Å². The van der Waals surface area contributed by atoms with Crippen LogP contribution in [0.3, 0.4) is 0 Å². The number of nitrogens with one attached hydrogen (secondary N) is 1. The van der Waals surface area contributed by atoms with Crippen LogP contribution in [0.1, 0.15) is 38.5 Å². The first-order valence-corrected chi connectivity index (χ1v) is 8.15. The third-order valence-electron chi connectivity index (χ3n) is 4.59. The summed E-state index contributed by atoms with van der Waals surface area (Å²) in [6.45, 7) is 5.91. The Balaban J connectivity index is 1.80. The van der Waals surface area contributed by atoms with Gasteiger partial charge in [-0.15, -0.1) is 6.58 Å². The van der Waals surface area contributed by atoms with Gasteiger partial charge < -0.3 is 20.1 Å². The normalized spacial score (nSPS) is 29.4. The maximum absolute atomic E-state index is 12.3. The van der Waals surface area contributed by atoms with Gasteiger partial charge in [-0.05, 0) is 25.7 Å². The van der Waals surface area contributed by atoms with Crippen molar-refractivity contribution in [2.75, 3.05) is 26.3 Å². The van der Waals surface area contributed by atoms with E-state index in [1.807, 2.05) is 4.90 Å². The zero-order valence-electron chi connectivity index (χ0n) is 12.8. The second-order valence-corrected chi connectivity index (χ2v) is 6.01. The van der Waals surface area contributed by atoms with Crippen molar-refractivity contribution >= 4 is 6.03 Å². The molecule has 0 radical (unpaired) electrons. The van der Waals surface area contributed by atoms with Crippen LogP contribution in [0.15, 0.2) is 12.7 Å². The van der Waals surface area contributed by atoms with E-state index in [4.69, 9.17) is 4.74 Å². The van der Waals surface area contributed by atoms with E-state index in [9.17, 15) is 9.90 Å². The van der Waals surface area contributed by atoms with Crippen LogP contribution in [0.4, 0.5) is 4.79 Å². The molecule has 5 nitrogen and oxygen atoms in total. The molecule has 5 heteroatoms. The van der Waals surface area contributed by atoms with E-state index in [0.717, 1.165) is 38.6 Å². The number of aliphatic hydroxyl groups excluding tert-OH is 1. The van der Waals surface area contributed by atoms with Crippen LogP contribution in [-0.4, -0.2) is 54.5 Å². The number of amides is 2. The minimum absolute atomic E-state index is 0.0162. The summed E-state index contributed by atoms with van der Waals surface area (Å²) in [6, 6.07) is 0.187. The monoisotopic (exact) mass is 296 g/mol. The summed E-state index contributed by atoms with van der Waals surface area (Å²) in [6.07, 6.45) is 7.71. The fourth-order valence-electron chi connectivity index (χ4n) is 3.58. The molecule has 0 aromatic carbocycles. The Bertz CT molecular complexity index is 348. The van der Waals surface area contributed by atoms with Crippen molar-refractivity contribution in [2.24, 2.45) is 5.92 Å². The number of ether oxygens (including phenoxy) is 1. The molecule has 2 fully saturated rings. The molecule has 1 aliphatic carbocycles. The topological polar surface area (TPSA) is 61.8 Å². The van der Waals surface area contributed by atoms with Crippen LogP contribution in [0, 0.1) is 5.92 Å². The molecule has 21 heavy (non-hydrogen) atoms. The summed E-state index contributed by atoms with van der Waals surface area (Å²) in [5, 5.41) is 13.1. The standard InChI is InChI=1S/C16H28N2O3/c1-2-11-21-12-9-17-16(20)18-10-5-7-14(18)13-6-3-4-8-15(13)19/h2,13-15,19H,1,3-12H2,(H,17,20). The van der Waals surface area contributed by atoms with Gasteiger partial charge in [-0.25, -0.2) is 4.79 Å². The zero-order chi connectivity index (χ0) is 15.1. The highest BCUT2D eigenvalue weighted by Crippen LogP contribution is 2.34. The first-order valence-electron chi connectivity index (χ1n) is 8.15. The summed E-state index contributed by atoms with van der Waals surface area (Å²) in [5.41, 5.74) is 0. The lowest BCUT2D eigenvalue weighted by Crippen LogP contribution is -2.49. The molecule has 2 rings (SSSR count). The SMILES string of the molecule is C=CCOCCNC(=O)N1CCCC1C1CCCCC1O. The van der Waals surface area contributed by atoms with Crippen molar-refractivity contribution in [1.29, 1.82) is 0 Å². The van der Waals surface area contributed by atoms with Crippen LogP contribution >= 0.6 is 0 Å². The second kappa shape index (κ2) is 8.39. The molecule has 0 aromatic rings. The largest absolute Gasteiger partial charge is 0.393 e. The summed E-state index contributed by atoms with van der Waals surface area (Å²) in [5.74, 6) is 0.254. The van der Waals surface area contributed by atoms with Gasteiger partial charge >= 0.3 is 6.03 Å². The fourth-order valence-corrected chi connectivity index (χ4v) is 3.58. The second-order valence-electron chi connectivity index (χ2n) is 6.01.